The van der Waals surface area contributed by atoms with Gasteiger partial charge in [-0.2, -0.15) is 11.8 Å². The molecule has 110 valence electrons. The van der Waals surface area contributed by atoms with Gasteiger partial charge in [0.1, 0.15) is 0 Å². The summed E-state index contributed by atoms with van der Waals surface area (Å²) in [4.78, 5) is 2.82. The van der Waals surface area contributed by atoms with Gasteiger partial charge in [-0.1, -0.05) is 19.3 Å². The van der Waals surface area contributed by atoms with Crippen molar-refractivity contribution in [1.82, 2.24) is 10.2 Å². The van der Waals surface area contributed by atoms with E-state index in [2.05, 4.69) is 28.9 Å². The van der Waals surface area contributed by atoms with E-state index in [1.165, 1.54) is 76.1 Å². The molecule has 3 aliphatic rings. The zero-order valence-corrected chi connectivity index (χ0v) is 13.3. The molecular weight excluding hydrogens is 252 g/mol. The Labute approximate surface area is 123 Å². The van der Waals surface area contributed by atoms with Crippen molar-refractivity contribution in [1.29, 1.82) is 0 Å². The maximum Gasteiger partial charge on any atom is 0.0309 e. The van der Waals surface area contributed by atoms with Gasteiger partial charge < -0.3 is 5.32 Å². The zero-order valence-electron chi connectivity index (χ0n) is 12.5. The van der Waals surface area contributed by atoms with Crippen molar-refractivity contribution < 1.29 is 0 Å². The summed E-state index contributed by atoms with van der Waals surface area (Å²) in [5.41, 5.74) is 0.480. The van der Waals surface area contributed by atoms with Crippen LogP contribution in [0.5, 0.6) is 0 Å². The number of nitrogens with zero attached hydrogens (tertiary/aromatic N) is 1. The van der Waals surface area contributed by atoms with Crippen LogP contribution in [0.3, 0.4) is 0 Å². The highest BCUT2D eigenvalue weighted by Crippen LogP contribution is 2.33. The second kappa shape index (κ2) is 6.36. The van der Waals surface area contributed by atoms with Gasteiger partial charge in [-0.25, -0.2) is 0 Å². The molecule has 1 spiro atoms. The molecule has 0 aromatic carbocycles. The highest BCUT2D eigenvalue weighted by Gasteiger charge is 2.39. The van der Waals surface area contributed by atoms with E-state index < -0.39 is 0 Å². The van der Waals surface area contributed by atoms with Gasteiger partial charge in [-0.05, 0) is 50.0 Å². The summed E-state index contributed by atoms with van der Waals surface area (Å²) in [6, 6.07) is 0.738. The number of piperazine rings is 1. The lowest BCUT2D eigenvalue weighted by atomic mass is 9.79. The van der Waals surface area contributed by atoms with Crippen LogP contribution in [0, 0.1) is 5.92 Å². The van der Waals surface area contributed by atoms with E-state index in [4.69, 9.17) is 0 Å². The van der Waals surface area contributed by atoms with Crippen molar-refractivity contribution in [2.45, 2.75) is 63.5 Å². The summed E-state index contributed by atoms with van der Waals surface area (Å²) in [6.07, 6.45) is 10.1. The summed E-state index contributed by atoms with van der Waals surface area (Å²) >= 11 is 2.15. The molecule has 0 amide bonds. The predicted molar refractivity (Wildman–Crippen MR) is 84.9 cm³/mol. The van der Waals surface area contributed by atoms with Crippen LogP contribution in [0.15, 0.2) is 0 Å². The SMILES string of the molecule is CC1CNC2(CCCCC2)CN1CC1CCSCC1. The van der Waals surface area contributed by atoms with Crippen molar-refractivity contribution in [3.05, 3.63) is 0 Å². The fourth-order valence-electron chi connectivity index (χ4n) is 4.16. The minimum Gasteiger partial charge on any atom is -0.308 e. The van der Waals surface area contributed by atoms with Crippen LogP contribution in [0.1, 0.15) is 51.9 Å². The first-order valence-corrected chi connectivity index (χ1v) is 9.50. The van der Waals surface area contributed by atoms with Gasteiger partial charge in [-0.15, -0.1) is 0 Å². The Morgan fingerprint density at radius 3 is 2.63 bits per heavy atom. The highest BCUT2D eigenvalue weighted by atomic mass is 32.2. The lowest BCUT2D eigenvalue weighted by molar-refractivity contribution is 0.0501. The summed E-state index contributed by atoms with van der Waals surface area (Å²) in [5.74, 6) is 3.77. The standard InChI is InChI=1S/C16H30N2S/c1-14-11-17-16(7-3-2-4-8-16)13-18(14)12-15-5-9-19-10-6-15/h14-15,17H,2-13H2,1H3. The second-order valence-corrected chi connectivity index (χ2v) is 8.28. The quantitative estimate of drug-likeness (QED) is 0.838. The molecule has 0 aromatic rings. The Balaban J connectivity index is 1.58. The molecule has 19 heavy (non-hydrogen) atoms. The summed E-state index contributed by atoms with van der Waals surface area (Å²) in [5, 5.41) is 3.91. The lowest BCUT2D eigenvalue weighted by Gasteiger charge is -2.50. The number of nitrogens with one attached hydrogen (secondary N) is 1. The van der Waals surface area contributed by atoms with Crippen LogP contribution in [0.2, 0.25) is 0 Å². The Hall–Kier alpha value is 0.270. The van der Waals surface area contributed by atoms with Crippen LogP contribution in [-0.2, 0) is 0 Å². The zero-order chi connectivity index (χ0) is 13.1. The number of hydrogen-bond acceptors (Lipinski definition) is 3. The molecule has 1 saturated carbocycles. The minimum absolute atomic E-state index is 0.480. The van der Waals surface area contributed by atoms with Gasteiger partial charge in [0.25, 0.3) is 0 Å². The smallest absolute Gasteiger partial charge is 0.0309 e. The van der Waals surface area contributed by atoms with Gasteiger partial charge >= 0.3 is 0 Å². The molecule has 3 heteroatoms. The Kier molecular flexibility index (Phi) is 4.76. The molecule has 1 unspecified atom stereocenters. The summed E-state index contributed by atoms with van der Waals surface area (Å²) < 4.78 is 0. The first-order valence-electron chi connectivity index (χ1n) is 8.34. The Morgan fingerprint density at radius 1 is 1.16 bits per heavy atom. The van der Waals surface area contributed by atoms with E-state index in [1.807, 2.05) is 0 Å². The molecular formula is C16H30N2S. The van der Waals surface area contributed by atoms with Crippen molar-refractivity contribution in [3.8, 4) is 0 Å². The fourth-order valence-corrected chi connectivity index (χ4v) is 5.37. The van der Waals surface area contributed by atoms with Crippen LogP contribution in [0.25, 0.3) is 0 Å². The van der Waals surface area contributed by atoms with Gasteiger partial charge in [-0.3, -0.25) is 4.90 Å². The molecule has 3 fully saturated rings. The van der Waals surface area contributed by atoms with Crippen molar-refractivity contribution in [2.75, 3.05) is 31.1 Å². The molecule has 2 nitrogen and oxygen atoms in total. The van der Waals surface area contributed by atoms with E-state index in [-0.39, 0.29) is 0 Å². The average Bonchev–Trinajstić information content (AvgIpc) is 2.45. The van der Waals surface area contributed by atoms with Crippen LogP contribution in [-0.4, -0.2) is 47.6 Å². The molecule has 2 aliphatic heterocycles. The minimum atomic E-state index is 0.480. The topological polar surface area (TPSA) is 15.3 Å². The Morgan fingerprint density at radius 2 is 1.89 bits per heavy atom. The second-order valence-electron chi connectivity index (χ2n) is 7.06. The molecule has 1 atom stereocenters. The fraction of sp³-hybridized carbons (Fsp3) is 1.00. The molecule has 3 rings (SSSR count). The molecule has 2 heterocycles. The lowest BCUT2D eigenvalue weighted by Crippen LogP contribution is -2.64. The Bertz CT molecular complexity index is 282. The maximum absolute atomic E-state index is 3.91. The van der Waals surface area contributed by atoms with Crippen LogP contribution in [0.4, 0.5) is 0 Å². The van der Waals surface area contributed by atoms with Crippen molar-refractivity contribution in [3.63, 3.8) is 0 Å². The summed E-state index contributed by atoms with van der Waals surface area (Å²) in [6.45, 7) is 6.31. The first-order chi connectivity index (χ1) is 9.27. The number of hydrogen-bond donors (Lipinski definition) is 1. The molecule has 1 N–H and O–H groups in total. The highest BCUT2D eigenvalue weighted by molar-refractivity contribution is 7.99. The molecule has 0 bridgehead atoms. The van der Waals surface area contributed by atoms with E-state index >= 15 is 0 Å². The monoisotopic (exact) mass is 282 g/mol. The van der Waals surface area contributed by atoms with Gasteiger partial charge in [0.2, 0.25) is 0 Å². The average molecular weight is 282 g/mol. The number of rotatable bonds is 2. The largest absolute Gasteiger partial charge is 0.308 e. The van der Waals surface area contributed by atoms with Crippen molar-refractivity contribution >= 4 is 11.8 Å². The molecule has 0 radical (unpaired) electrons. The summed E-state index contributed by atoms with van der Waals surface area (Å²) in [7, 11) is 0. The molecule has 0 aromatic heterocycles. The molecule has 2 saturated heterocycles. The predicted octanol–water partition coefficient (Wildman–Crippen LogP) is 3.13. The van der Waals surface area contributed by atoms with Gasteiger partial charge in [0.15, 0.2) is 0 Å². The van der Waals surface area contributed by atoms with Crippen molar-refractivity contribution in [2.24, 2.45) is 5.92 Å². The van der Waals surface area contributed by atoms with Crippen LogP contribution < -0.4 is 5.32 Å². The maximum atomic E-state index is 3.91. The van der Waals surface area contributed by atoms with E-state index in [1.54, 1.807) is 0 Å². The van der Waals surface area contributed by atoms with Gasteiger partial charge in [0, 0.05) is 31.2 Å². The van der Waals surface area contributed by atoms with E-state index in [0.717, 1.165) is 12.0 Å². The molecule has 1 aliphatic carbocycles. The van der Waals surface area contributed by atoms with Crippen LogP contribution >= 0.6 is 11.8 Å². The first kappa shape index (κ1) is 14.2. The normalized spacial score (nSPS) is 33.6. The number of thioether (sulfide) groups is 1. The van der Waals surface area contributed by atoms with Gasteiger partial charge in [0.05, 0.1) is 0 Å². The third-order valence-electron chi connectivity index (χ3n) is 5.55. The third kappa shape index (κ3) is 3.48. The van der Waals surface area contributed by atoms with E-state index in [0.29, 0.717) is 5.54 Å². The third-order valence-corrected chi connectivity index (χ3v) is 6.59. The van der Waals surface area contributed by atoms with E-state index in [9.17, 15) is 0 Å².